The van der Waals surface area contributed by atoms with Gasteiger partial charge in [-0.1, -0.05) is 26.0 Å². The molecule has 4 rings (SSSR count). The first-order valence-electron chi connectivity index (χ1n) is 9.03. The van der Waals surface area contributed by atoms with Gasteiger partial charge in [-0.15, -0.1) is 0 Å². The molecule has 0 heterocycles. The molecular weight excluding hydrogens is 288 g/mol. The van der Waals surface area contributed by atoms with Crippen LogP contribution in [-0.4, -0.2) is 27.7 Å². The summed E-state index contributed by atoms with van der Waals surface area (Å²) in [5, 5.41) is 22.0. The molecule has 0 amide bonds. The molecule has 2 fully saturated rings. The molecule has 23 heavy (non-hydrogen) atoms. The Hall–Kier alpha value is -0.930. The fourth-order valence-corrected chi connectivity index (χ4v) is 6.35. The number of ketones is 1. The van der Waals surface area contributed by atoms with Crippen LogP contribution in [0, 0.1) is 28.6 Å². The smallest absolute Gasteiger partial charge is 0.156 e. The molecule has 0 spiro atoms. The van der Waals surface area contributed by atoms with E-state index in [1.54, 1.807) is 6.08 Å². The zero-order valence-electron chi connectivity index (χ0n) is 14.4. The summed E-state index contributed by atoms with van der Waals surface area (Å²) in [6.45, 7) is 6.33. The molecule has 7 atom stereocenters. The lowest BCUT2D eigenvalue weighted by atomic mass is 9.47. The summed E-state index contributed by atoms with van der Waals surface area (Å²) in [6.07, 6.45) is 9.65. The van der Waals surface area contributed by atoms with Crippen molar-refractivity contribution in [2.45, 2.75) is 64.6 Å². The van der Waals surface area contributed by atoms with Gasteiger partial charge in [-0.3, -0.25) is 4.79 Å². The van der Waals surface area contributed by atoms with Gasteiger partial charge in [0, 0.05) is 17.8 Å². The standard InChI is InChI=1S/C20H28O3/c1-18-8-6-13(21)10-12(18)4-5-14-15-7-9-20(3,23)19(15,2)11-16(22)17(14)18/h4-5,10,14-17,22-23H,6-9,11H2,1-3H3/t14-,15-,16+,17+,18-,19-,20-/m0/s1. The van der Waals surface area contributed by atoms with E-state index >= 15 is 0 Å². The molecule has 4 aliphatic rings. The van der Waals surface area contributed by atoms with Crippen molar-refractivity contribution in [3.63, 3.8) is 0 Å². The molecule has 126 valence electrons. The van der Waals surface area contributed by atoms with E-state index < -0.39 is 11.7 Å². The molecule has 0 bridgehead atoms. The summed E-state index contributed by atoms with van der Waals surface area (Å²) in [6, 6.07) is 0. The molecule has 0 radical (unpaired) electrons. The highest BCUT2D eigenvalue weighted by Gasteiger charge is 2.64. The topological polar surface area (TPSA) is 57.5 Å². The Balaban J connectivity index is 1.81. The second-order valence-corrected chi connectivity index (χ2v) is 9.05. The van der Waals surface area contributed by atoms with Crippen molar-refractivity contribution < 1.29 is 15.0 Å². The van der Waals surface area contributed by atoms with Gasteiger partial charge < -0.3 is 10.2 Å². The number of aliphatic hydroxyl groups excluding tert-OH is 1. The molecule has 0 unspecified atom stereocenters. The van der Waals surface area contributed by atoms with Crippen LogP contribution in [0.1, 0.15) is 52.9 Å². The van der Waals surface area contributed by atoms with Gasteiger partial charge in [-0.25, -0.2) is 0 Å². The van der Waals surface area contributed by atoms with Crippen molar-refractivity contribution in [2.75, 3.05) is 0 Å². The van der Waals surface area contributed by atoms with Crippen molar-refractivity contribution in [3.8, 4) is 0 Å². The first kappa shape index (κ1) is 15.6. The van der Waals surface area contributed by atoms with E-state index in [1.165, 1.54) is 0 Å². The fourth-order valence-electron chi connectivity index (χ4n) is 6.35. The van der Waals surface area contributed by atoms with Crippen molar-refractivity contribution in [3.05, 3.63) is 23.8 Å². The number of hydrogen-bond donors (Lipinski definition) is 2. The third kappa shape index (κ3) is 1.87. The molecule has 0 aromatic rings. The van der Waals surface area contributed by atoms with Gasteiger partial charge in [-0.2, -0.15) is 0 Å². The average Bonchev–Trinajstić information content (AvgIpc) is 2.69. The second-order valence-electron chi connectivity index (χ2n) is 9.05. The predicted octanol–water partition coefficient (Wildman–Crippen LogP) is 3.02. The minimum atomic E-state index is -0.697. The number of carbonyl (C=O) groups excluding carboxylic acids is 1. The minimum absolute atomic E-state index is 0.109. The van der Waals surface area contributed by atoms with Crippen LogP contribution in [0.5, 0.6) is 0 Å². The van der Waals surface area contributed by atoms with Crippen LogP contribution in [-0.2, 0) is 4.79 Å². The maximum atomic E-state index is 11.8. The monoisotopic (exact) mass is 316 g/mol. The van der Waals surface area contributed by atoms with E-state index in [4.69, 9.17) is 0 Å². The van der Waals surface area contributed by atoms with E-state index in [2.05, 4.69) is 26.0 Å². The summed E-state index contributed by atoms with van der Waals surface area (Å²) in [7, 11) is 0. The van der Waals surface area contributed by atoms with Crippen molar-refractivity contribution in [1.82, 2.24) is 0 Å². The molecule has 2 saturated carbocycles. The Morgan fingerprint density at radius 2 is 1.96 bits per heavy atom. The highest BCUT2D eigenvalue weighted by molar-refractivity contribution is 5.92. The number of fused-ring (bicyclic) bond motifs is 5. The first-order chi connectivity index (χ1) is 10.7. The molecule has 0 aromatic carbocycles. The van der Waals surface area contributed by atoms with Gasteiger partial charge in [0.1, 0.15) is 0 Å². The number of rotatable bonds is 0. The Morgan fingerprint density at radius 3 is 2.70 bits per heavy atom. The highest BCUT2D eigenvalue weighted by Crippen LogP contribution is 2.65. The van der Waals surface area contributed by atoms with Crippen molar-refractivity contribution in [1.29, 1.82) is 0 Å². The molecule has 2 N–H and O–H groups in total. The molecule has 0 aromatic heterocycles. The Labute approximate surface area is 138 Å². The number of aliphatic hydroxyl groups is 2. The van der Waals surface area contributed by atoms with E-state index in [9.17, 15) is 15.0 Å². The lowest BCUT2D eigenvalue weighted by molar-refractivity contribution is -0.150. The van der Waals surface area contributed by atoms with E-state index in [1.807, 2.05) is 6.92 Å². The summed E-state index contributed by atoms with van der Waals surface area (Å²) in [5.41, 5.74) is 0.0712. The average molecular weight is 316 g/mol. The summed E-state index contributed by atoms with van der Waals surface area (Å²) in [5.74, 6) is 1.09. The van der Waals surface area contributed by atoms with Crippen molar-refractivity contribution in [2.24, 2.45) is 28.6 Å². The largest absolute Gasteiger partial charge is 0.393 e. The molecule has 3 heteroatoms. The highest BCUT2D eigenvalue weighted by atomic mass is 16.3. The molecule has 4 aliphatic carbocycles. The lowest BCUT2D eigenvalue weighted by Gasteiger charge is -2.58. The van der Waals surface area contributed by atoms with Gasteiger partial charge in [0.25, 0.3) is 0 Å². The van der Waals surface area contributed by atoms with Crippen LogP contribution in [0.3, 0.4) is 0 Å². The summed E-state index contributed by atoms with van der Waals surface area (Å²) < 4.78 is 0. The van der Waals surface area contributed by atoms with Gasteiger partial charge >= 0.3 is 0 Å². The van der Waals surface area contributed by atoms with Crippen molar-refractivity contribution >= 4 is 5.78 Å². The number of allylic oxidation sites excluding steroid dienone is 4. The van der Waals surface area contributed by atoms with E-state index in [0.717, 1.165) is 24.8 Å². The zero-order chi connectivity index (χ0) is 16.6. The third-order valence-corrected chi connectivity index (χ3v) is 8.02. The predicted molar refractivity (Wildman–Crippen MR) is 88.6 cm³/mol. The summed E-state index contributed by atoms with van der Waals surface area (Å²) in [4.78, 5) is 11.8. The third-order valence-electron chi connectivity index (χ3n) is 8.02. The normalized spacial score (nSPS) is 55.0. The van der Waals surface area contributed by atoms with E-state index in [0.29, 0.717) is 24.7 Å². The molecule has 0 saturated heterocycles. The molecular formula is C20H28O3. The Morgan fingerprint density at radius 1 is 1.22 bits per heavy atom. The number of carbonyl (C=O) groups is 1. The van der Waals surface area contributed by atoms with Crippen LogP contribution in [0.4, 0.5) is 0 Å². The maximum absolute atomic E-state index is 11.8. The quantitative estimate of drug-likeness (QED) is 0.722. The fraction of sp³-hybridized carbons (Fsp3) is 0.750. The lowest BCUT2D eigenvalue weighted by Crippen LogP contribution is -2.58. The van der Waals surface area contributed by atoms with Gasteiger partial charge in [0.2, 0.25) is 0 Å². The van der Waals surface area contributed by atoms with Crippen LogP contribution >= 0.6 is 0 Å². The Bertz CT molecular complexity index is 616. The van der Waals surface area contributed by atoms with Crippen LogP contribution in [0.2, 0.25) is 0 Å². The van der Waals surface area contributed by atoms with E-state index in [-0.39, 0.29) is 22.5 Å². The first-order valence-corrected chi connectivity index (χ1v) is 9.03. The minimum Gasteiger partial charge on any atom is -0.393 e. The Kier molecular flexibility index (Phi) is 3.10. The van der Waals surface area contributed by atoms with Gasteiger partial charge in [-0.05, 0) is 61.5 Å². The van der Waals surface area contributed by atoms with Crippen LogP contribution in [0.25, 0.3) is 0 Å². The van der Waals surface area contributed by atoms with Crippen LogP contribution in [0.15, 0.2) is 23.8 Å². The van der Waals surface area contributed by atoms with Gasteiger partial charge in [0.15, 0.2) is 5.78 Å². The number of hydrogen-bond acceptors (Lipinski definition) is 3. The zero-order valence-corrected chi connectivity index (χ0v) is 14.4. The maximum Gasteiger partial charge on any atom is 0.156 e. The SMILES string of the molecule is C[C@]12CCC(=O)C=C1C=C[C@@H]1[C@@H]2[C@H](O)C[C@@]2(C)[C@H]1CC[C@]2(C)O. The summed E-state index contributed by atoms with van der Waals surface area (Å²) >= 11 is 0. The molecule has 0 aliphatic heterocycles. The second kappa shape index (κ2) is 4.58. The van der Waals surface area contributed by atoms with Gasteiger partial charge in [0.05, 0.1) is 11.7 Å². The molecule has 3 nitrogen and oxygen atoms in total. The van der Waals surface area contributed by atoms with Crippen LogP contribution < -0.4 is 0 Å².